The third-order valence-electron chi connectivity index (χ3n) is 10.8. The number of nitrogens with two attached hydrogens (primary N) is 1. The number of allylic oxidation sites excluding steroid dienone is 3. The topological polar surface area (TPSA) is 38.0 Å². The van der Waals surface area contributed by atoms with Crippen molar-refractivity contribution in [1.82, 2.24) is 0 Å². The molecule has 0 fully saturated rings. The van der Waals surface area contributed by atoms with Crippen molar-refractivity contribution in [2.24, 2.45) is 5.73 Å². The molecule has 0 spiro atoms. The molecule has 10 rings (SSSR count). The van der Waals surface area contributed by atoms with E-state index in [1.165, 1.54) is 65.4 Å². The Morgan fingerprint density at radius 1 is 0.500 bits per heavy atom. The molecule has 2 aliphatic rings. The lowest BCUT2D eigenvalue weighted by Gasteiger charge is -2.43. The van der Waals surface area contributed by atoms with Crippen LogP contribution in [0.3, 0.4) is 0 Å². The zero-order chi connectivity index (χ0) is 33.2. The lowest BCUT2D eigenvalue weighted by atomic mass is 9.63. The van der Waals surface area contributed by atoms with Crippen LogP contribution in [0.25, 0.3) is 48.7 Å². The van der Waals surface area contributed by atoms with E-state index < -0.39 is 5.54 Å². The Balaban J connectivity index is 1.29. The van der Waals surface area contributed by atoms with Crippen LogP contribution in [0.5, 0.6) is 0 Å². The predicted molar refractivity (Wildman–Crippen MR) is 212 cm³/mol. The fourth-order valence-corrected chi connectivity index (χ4v) is 8.67. The van der Waals surface area contributed by atoms with Gasteiger partial charge in [0.05, 0.1) is 11.2 Å². The van der Waals surface area contributed by atoms with E-state index in [9.17, 15) is 0 Å². The molecule has 2 heteroatoms. The summed E-state index contributed by atoms with van der Waals surface area (Å²) in [7, 11) is 0. The Morgan fingerprint density at radius 3 is 1.78 bits per heavy atom. The Kier molecular flexibility index (Phi) is 6.42. The van der Waals surface area contributed by atoms with Gasteiger partial charge in [0.15, 0.2) is 0 Å². The summed E-state index contributed by atoms with van der Waals surface area (Å²) in [5.74, 6) is 0. The molecule has 3 N–H and O–H groups in total. The van der Waals surface area contributed by atoms with Crippen molar-refractivity contribution >= 4 is 60.0 Å². The minimum Gasteiger partial charge on any atom is -0.354 e. The third kappa shape index (κ3) is 4.13. The second kappa shape index (κ2) is 11.2. The standard InChI is InChI=1S/C48H34N2/c49-48(41-29-13-17-31-15-1-3-19-33(31)41)42-27-11-9-25-39(42)46(40-26-10-12-28-43(40)48)45-35-21-5-7-23-37(35)47(38-24-8-6-22-36(38)45)50-44-30-14-18-32-16-2-4-20-34(32)44/h1-25,27-30,50H,26,49H2. The molecule has 0 aliphatic heterocycles. The quantitative estimate of drug-likeness (QED) is 0.188. The molecule has 0 saturated carbocycles. The van der Waals surface area contributed by atoms with Gasteiger partial charge >= 0.3 is 0 Å². The Morgan fingerprint density at radius 2 is 1.04 bits per heavy atom. The highest BCUT2D eigenvalue weighted by molar-refractivity contribution is 6.21. The van der Waals surface area contributed by atoms with Crippen LogP contribution in [0.2, 0.25) is 0 Å². The summed E-state index contributed by atoms with van der Waals surface area (Å²) in [6, 6.07) is 56.8. The minimum absolute atomic E-state index is 0.803. The highest BCUT2D eigenvalue weighted by Gasteiger charge is 2.44. The number of anilines is 2. The van der Waals surface area contributed by atoms with Crippen LogP contribution in [0, 0.1) is 0 Å². The SMILES string of the molecule is NC1(c2cccc3ccccc23)C2=CC=CCC2=C(c2c3ccccc3c(Nc3cccc4ccccc34)c3ccccc23)c2ccccc21. The molecule has 0 radical (unpaired) electrons. The minimum atomic E-state index is -0.831. The van der Waals surface area contributed by atoms with E-state index in [0.29, 0.717) is 0 Å². The molecular weight excluding hydrogens is 605 g/mol. The smallest absolute Gasteiger partial charge is 0.0938 e. The van der Waals surface area contributed by atoms with Gasteiger partial charge in [-0.1, -0.05) is 170 Å². The van der Waals surface area contributed by atoms with Crippen molar-refractivity contribution in [1.29, 1.82) is 0 Å². The first-order valence-corrected chi connectivity index (χ1v) is 17.4. The second-order valence-electron chi connectivity index (χ2n) is 13.4. The van der Waals surface area contributed by atoms with Gasteiger partial charge in [0, 0.05) is 21.8 Å². The molecule has 0 bridgehead atoms. The molecule has 1 atom stereocenters. The average molecular weight is 639 g/mol. The zero-order valence-corrected chi connectivity index (χ0v) is 27.5. The van der Waals surface area contributed by atoms with Gasteiger partial charge in [-0.3, -0.25) is 0 Å². The highest BCUT2D eigenvalue weighted by atomic mass is 14.9. The first-order valence-electron chi connectivity index (χ1n) is 17.4. The van der Waals surface area contributed by atoms with Gasteiger partial charge in [-0.2, -0.15) is 0 Å². The van der Waals surface area contributed by atoms with Gasteiger partial charge in [0.1, 0.15) is 0 Å². The van der Waals surface area contributed by atoms with Crippen molar-refractivity contribution in [3.63, 3.8) is 0 Å². The number of hydrogen-bond donors (Lipinski definition) is 2. The maximum atomic E-state index is 7.89. The number of hydrogen-bond acceptors (Lipinski definition) is 2. The fraction of sp³-hybridized carbons (Fsp3) is 0.0417. The van der Waals surface area contributed by atoms with E-state index in [-0.39, 0.29) is 0 Å². The summed E-state index contributed by atoms with van der Waals surface area (Å²) < 4.78 is 0. The van der Waals surface area contributed by atoms with E-state index in [4.69, 9.17) is 5.73 Å². The highest BCUT2D eigenvalue weighted by Crippen LogP contribution is 2.54. The molecule has 0 saturated heterocycles. The van der Waals surface area contributed by atoms with Crippen LogP contribution in [-0.2, 0) is 5.54 Å². The van der Waals surface area contributed by atoms with E-state index in [1.54, 1.807) is 0 Å². The molecule has 8 aromatic carbocycles. The summed E-state index contributed by atoms with van der Waals surface area (Å²) in [4.78, 5) is 0. The van der Waals surface area contributed by atoms with Crippen LogP contribution < -0.4 is 11.1 Å². The Hall–Kier alpha value is -6.22. The van der Waals surface area contributed by atoms with Crippen LogP contribution in [-0.4, -0.2) is 0 Å². The van der Waals surface area contributed by atoms with Crippen molar-refractivity contribution in [3.05, 3.63) is 209 Å². The van der Waals surface area contributed by atoms with Gasteiger partial charge in [0.25, 0.3) is 0 Å². The van der Waals surface area contributed by atoms with Crippen LogP contribution >= 0.6 is 0 Å². The monoisotopic (exact) mass is 638 g/mol. The molecule has 0 amide bonds. The van der Waals surface area contributed by atoms with Gasteiger partial charge in [-0.15, -0.1) is 0 Å². The van der Waals surface area contributed by atoms with E-state index in [1.807, 2.05) is 0 Å². The summed E-state index contributed by atoms with van der Waals surface area (Å²) >= 11 is 0. The first kappa shape index (κ1) is 28.8. The first-order chi connectivity index (χ1) is 24.7. The zero-order valence-electron chi connectivity index (χ0n) is 27.5. The van der Waals surface area contributed by atoms with Crippen molar-refractivity contribution < 1.29 is 0 Å². The summed E-state index contributed by atoms with van der Waals surface area (Å²) in [5, 5.41) is 13.5. The van der Waals surface area contributed by atoms with Crippen LogP contribution in [0.1, 0.15) is 28.7 Å². The third-order valence-corrected chi connectivity index (χ3v) is 10.8. The van der Waals surface area contributed by atoms with E-state index in [2.05, 4.69) is 181 Å². The number of nitrogens with one attached hydrogen (secondary N) is 1. The Labute approximate surface area is 291 Å². The summed E-state index contributed by atoms with van der Waals surface area (Å²) in [5.41, 5.74) is 17.7. The molecule has 0 aromatic heterocycles. The van der Waals surface area contributed by atoms with Gasteiger partial charge < -0.3 is 11.1 Å². The fourth-order valence-electron chi connectivity index (χ4n) is 8.67. The molecule has 50 heavy (non-hydrogen) atoms. The average Bonchev–Trinajstić information content (AvgIpc) is 3.18. The molecule has 236 valence electrons. The van der Waals surface area contributed by atoms with Crippen LogP contribution in [0.4, 0.5) is 11.4 Å². The molecule has 8 aromatic rings. The summed E-state index contributed by atoms with van der Waals surface area (Å²) in [6.45, 7) is 0. The van der Waals surface area contributed by atoms with Gasteiger partial charge in [-0.25, -0.2) is 0 Å². The molecular formula is C48H34N2. The lowest BCUT2D eigenvalue weighted by Crippen LogP contribution is -2.44. The largest absolute Gasteiger partial charge is 0.354 e. The summed E-state index contributed by atoms with van der Waals surface area (Å²) in [6.07, 6.45) is 7.52. The van der Waals surface area contributed by atoms with Crippen molar-refractivity contribution in [2.75, 3.05) is 5.32 Å². The maximum absolute atomic E-state index is 7.89. The van der Waals surface area contributed by atoms with Gasteiger partial charge in [-0.05, 0) is 78.4 Å². The Bertz CT molecular complexity index is 2710. The molecule has 2 nitrogen and oxygen atoms in total. The van der Waals surface area contributed by atoms with Crippen LogP contribution in [0.15, 0.2) is 187 Å². The van der Waals surface area contributed by atoms with Crippen molar-refractivity contribution in [3.8, 4) is 0 Å². The number of benzene rings is 8. The van der Waals surface area contributed by atoms with Gasteiger partial charge in [0.2, 0.25) is 0 Å². The van der Waals surface area contributed by atoms with E-state index >= 15 is 0 Å². The molecule has 0 heterocycles. The number of fused-ring (bicyclic) bond motifs is 6. The number of rotatable bonds is 4. The normalized spacial score (nSPS) is 16.9. The molecule has 2 aliphatic carbocycles. The molecule has 1 unspecified atom stereocenters. The van der Waals surface area contributed by atoms with Crippen molar-refractivity contribution in [2.45, 2.75) is 12.0 Å². The second-order valence-corrected chi connectivity index (χ2v) is 13.4. The van der Waals surface area contributed by atoms with E-state index in [0.717, 1.165) is 34.5 Å². The lowest BCUT2D eigenvalue weighted by molar-refractivity contribution is 0.635. The maximum Gasteiger partial charge on any atom is 0.0938 e. The predicted octanol–water partition coefficient (Wildman–Crippen LogP) is 11.9.